The molecule has 0 spiro atoms. The third-order valence-electron chi connectivity index (χ3n) is 7.32. The highest BCUT2D eigenvalue weighted by Gasteiger charge is 2.28. The molecule has 0 aliphatic carbocycles. The predicted octanol–water partition coefficient (Wildman–Crippen LogP) is 5.19. The van der Waals surface area contributed by atoms with E-state index in [0.29, 0.717) is 12.5 Å². The molecule has 2 aliphatic rings. The Balaban J connectivity index is 1.27. The minimum atomic E-state index is -0.937. The van der Waals surface area contributed by atoms with Crippen LogP contribution < -0.4 is 10.2 Å². The van der Waals surface area contributed by atoms with Crippen molar-refractivity contribution in [2.75, 3.05) is 31.1 Å². The van der Waals surface area contributed by atoms with Crippen LogP contribution in [0.15, 0.2) is 67.0 Å². The lowest BCUT2D eigenvalue weighted by molar-refractivity contribution is -0.00967. The van der Waals surface area contributed by atoms with E-state index in [2.05, 4.69) is 69.6 Å². The SMILES string of the molecule is O=C(O)NCC1CCN(c2ccc(-c3cnn(C(c4ccccc4)C4CCCCO4)c3)cc2)CC1. The Morgan fingerprint density at radius 3 is 2.49 bits per heavy atom. The molecule has 2 saturated heterocycles. The molecular formula is C28H34N4O3. The zero-order valence-corrected chi connectivity index (χ0v) is 20.1. The number of benzene rings is 2. The zero-order chi connectivity index (χ0) is 24.0. The third-order valence-corrected chi connectivity index (χ3v) is 7.32. The average molecular weight is 475 g/mol. The quantitative estimate of drug-likeness (QED) is 0.493. The predicted molar refractivity (Wildman–Crippen MR) is 137 cm³/mol. The summed E-state index contributed by atoms with van der Waals surface area (Å²) in [6.07, 6.45) is 8.66. The summed E-state index contributed by atoms with van der Waals surface area (Å²) in [5.74, 6) is 0.415. The van der Waals surface area contributed by atoms with Gasteiger partial charge in [0.1, 0.15) is 6.04 Å². The molecule has 2 aromatic carbocycles. The molecule has 2 atom stereocenters. The smallest absolute Gasteiger partial charge is 0.404 e. The second kappa shape index (κ2) is 11.0. The van der Waals surface area contributed by atoms with Gasteiger partial charge >= 0.3 is 6.09 Å². The summed E-state index contributed by atoms with van der Waals surface area (Å²) >= 11 is 0. The normalized spacial score (nSPS) is 19.9. The van der Waals surface area contributed by atoms with Crippen molar-refractivity contribution >= 4 is 11.8 Å². The monoisotopic (exact) mass is 474 g/mol. The van der Waals surface area contributed by atoms with Gasteiger partial charge in [-0.3, -0.25) is 4.68 Å². The van der Waals surface area contributed by atoms with E-state index in [1.165, 1.54) is 17.7 Å². The molecule has 1 aromatic heterocycles. The highest BCUT2D eigenvalue weighted by Crippen LogP contribution is 2.32. The van der Waals surface area contributed by atoms with Crippen molar-refractivity contribution in [3.8, 4) is 11.1 Å². The van der Waals surface area contributed by atoms with E-state index in [9.17, 15) is 4.79 Å². The van der Waals surface area contributed by atoms with Gasteiger partial charge in [-0.1, -0.05) is 42.5 Å². The summed E-state index contributed by atoms with van der Waals surface area (Å²) in [6.45, 7) is 3.26. The van der Waals surface area contributed by atoms with E-state index in [1.807, 2.05) is 12.3 Å². The molecular weight excluding hydrogens is 440 g/mol. The molecule has 184 valence electrons. The Labute approximate surface area is 206 Å². The molecule has 2 N–H and O–H groups in total. The minimum Gasteiger partial charge on any atom is -0.465 e. The highest BCUT2D eigenvalue weighted by atomic mass is 16.5. The van der Waals surface area contributed by atoms with Gasteiger partial charge in [0.15, 0.2) is 0 Å². The fourth-order valence-electron chi connectivity index (χ4n) is 5.33. The number of hydrogen-bond donors (Lipinski definition) is 2. The van der Waals surface area contributed by atoms with Crippen LogP contribution in [0, 0.1) is 5.92 Å². The van der Waals surface area contributed by atoms with Gasteiger partial charge in [0.25, 0.3) is 0 Å². The molecule has 0 bridgehead atoms. The zero-order valence-electron chi connectivity index (χ0n) is 20.1. The number of aromatic nitrogens is 2. The number of anilines is 1. The summed E-state index contributed by atoms with van der Waals surface area (Å²) in [5.41, 5.74) is 4.69. The maximum absolute atomic E-state index is 10.7. The van der Waals surface area contributed by atoms with Crippen molar-refractivity contribution in [1.29, 1.82) is 0 Å². The molecule has 2 fully saturated rings. The number of carboxylic acid groups (broad SMARTS) is 1. The van der Waals surface area contributed by atoms with Crippen LogP contribution in [0.3, 0.4) is 0 Å². The molecule has 0 saturated carbocycles. The lowest BCUT2D eigenvalue weighted by atomic mass is 9.95. The van der Waals surface area contributed by atoms with Crippen LogP contribution in [-0.4, -0.2) is 53.3 Å². The molecule has 7 heteroatoms. The van der Waals surface area contributed by atoms with Crippen molar-refractivity contribution in [2.24, 2.45) is 5.92 Å². The molecule has 2 unspecified atom stereocenters. The van der Waals surface area contributed by atoms with Crippen LogP contribution in [0.1, 0.15) is 43.7 Å². The van der Waals surface area contributed by atoms with Crippen molar-refractivity contribution in [2.45, 2.75) is 44.2 Å². The Hall–Kier alpha value is -3.32. The van der Waals surface area contributed by atoms with Gasteiger partial charge in [-0.25, -0.2) is 4.79 Å². The second-order valence-corrected chi connectivity index (χ2v) is 9.63. The lowest BCUT2D eigenvalue weighted by Crippen LogP contribution is -2.38. The fourth-order valence-corrected chi connectivity index (χ4v) is 5.33. The van der Waals surface area contributed by atoms with Gasteiger partial charge in [0, 0.05) is 43.7 Å². The van der Waals surface area contributed by atoms with Crippen molar-refractivity contribution < 1.29 is 14.6 Å². The first-order valence-electron chi connectivity index (χ1n) is 12.7. The average Bonchev–Trinajstić information content (AvgIpc) is 3.39. The molecule has 1 amide bonds. The number of nitrogens with zero attached hydrogens (tertiary/aromatic N) is 3. The van der Waals surface area contributed by atoms with Gasteiger partial charge < -0.3 is 20.1 Å². The molecule has 2 aliphatic heterocycles. The first-order valence-corrected chi connectivity index (χ1v) is 12.7. The molecule has 3 aromatic rings. The molecule has 3 heterocycles. The summed E-state index contributed by atoms with van der Waals surface area (Å²) in [6, 6.07) is 19.3. The van der Waals surface area contributed by atoms with Crippen LogP contribution >= 0.6 is 0 Å². The maximum atomic E-state index is 10.7. The van der Waals surface area contributed by atoms with Crippen LogP contribution in [0.4, 0.5) is 10.5 Å². The second-order valence-electron chi connectivity index (χ2n) is 9.63. The molecule has 7 nitrogen and oxygen atoms in total. The van der Waals surface area contributed by atoms with Gasteiger partial charge in [0.05, 0.1) is 12.3 Å². The number of hydrogen-bond acceptors (Lipinski definition) is 4. The Morgan fingerprint density at radius 2 is 1.80 bits per heavy atom. The Morgan fingerprint density at radius 1 is 1.03 bits per heavy atom. The van der Waals surface area contributed by atoms with Gasteiger partial charge in [-0.05, 0) is 61.3 Å². The van der Waals surface area contributed by atoms with Crippen molar-refractivity contribution in [3.63, 3.8) is 0 Å². The van der Waals surface area contributed by atoms with Gasteiger partial charge in [-0.15, -0.1) is 0 Å². The van der Waals surface area contributed by atoms with Crippen LogP contribution in [0.2, 0.25) is 0 Å². The van der Waals surface area contributed by atoms with Crippen molar-refractivity contribution in [1.82, 2.24) is 15.1 Å². The number of amides is 1. The maximum Gasteiger partial charge on any atom is 0.404 e. The van der Waals surface area contributed by atoms with Crippen LogP contribution in [0.5, 0.6) is 0 Å². The Kier molecular flexibility index (Phi) is 7.33. The van der Waals surface area contributed by atoms with Gasteiger partial charge in [-0.2, -0.15) is 5.10 Å². The van der Waals surface area contributed by atoms with Gasteiger partial charge in [0.2, 0.25) is 0 Å². The number of piperidine rings is 1. The molecule has 5 rings (SSSR count). The summed E-state index contributed by atoms with van der Waals surface area (Å²) < 4.78 is 8.26. The van der Waals surface area contributed by atoms with E-state index in [1.54, 1.807) is 0 Å². The highest BCUT2D eigenvalue weighted by molar-refractivity contribution is 5.65. The van der Waals surface area contributed by atoms with E-state index < -0.39 is 6.09 Å². The van der Waals surface area contributed by atoms with E-state index in [4.69, 9.17) is 14.9 Å². The molecule has 35 heavy (non-hydrogen) atoms. The topological polar surface area (TPSA) is 79.6 Å². The van der Waals surface area contributed by atoms with Crippen LogP contribution in [0.25, 0.3) is 11.1 Å². The number of ether oxygens (including phenoxy) is 1. The van der Waals surface area contributed by atoms with E-state index >= 15 is 0 Å². The standard InChI is InChI=1S/C28H34N4O3/c33-28(34)29-18-21-13-15-31(16-14-21)25-11-9-22(10-12-25)24-19-30-32(20-24)27(23-6-2-1-3-7-23)26-8-4-5-17-35-26/h1-3,6-7,9-12,19-21,26-27,29H,4-5,8,13-18H2,(H,33,34). The first-order chi connectivity index (χ1) is 17.2. The summed E-state index contributed by atoms with van der Waals surface area (Å²) in [7, 11) is 0. The summed E-state index contributed by atoms with van der Waals surface area (Å²) in [5, 5.41) is 16.1. The summed E-state index contributed by atoms with van der Waals surface area (Å²) in [4.78, 5) is 13.1. The largest absolute Gasteiger partial charge is 0.465 e. The third kappa shape index (κ3) is 5.68. The first kappa shape index (κ1) is 23.4. The Bertz CT molecular complexity index is 1080. The number of rotatable bonds is 7. The number of carbonyl (C=O) groups is 1. The van der Waals surface area contributed by atoms with Crippen LogP contribution in [-0.2, 0) is 4.74 Å². The lowest BCUT2D eigenvalue weighted by Gasteiger charge is -2.33. The van der Waals surface area contributed by atoms with E-state index in [-0.39, 0.29) is 12.1 Å². The fraction of sp³-hybridized carbons (Fsp3) is 0.429. The van der Waals surface area contributed by atoms with Crippen molar-refractivity contribution in [3.05, 3.63) is 72.6 Å². The molecule has 0 radical (unpaired) electrons. The minimum absolute atomic E-state index is 0.0708. The van der Waals surface area contributed by atoms with E-state index in [0.717, 1.165) is 56.5 Å². The number of nitrogens with one attached hydrogen (secondary N) is 1.